The van der Waals surface area contributed by atoms with Gasteiger partial charge >= 0.3 is 5.97 Å². The van der Waals surface area contributed by atoms with Gasteiger partial charge in [-0.1, -0.05) is 60.5 Å². The van der Waals surface area contributed by atoms with E-state index in [1.54, 1.807) is 19.4 Å². The molecule has 13 heteroatoms. The number of halogens is 3. The SMILES string of the molecule is CCCN(Cc1cc(Cl)c(Cn2ncc3c(-c4cccc(-c5cc(O)c(CNCC(CCC=O)NC)c(F)c5)c4Cl)cccc32)cc1OC)C1CCC(C(=O)O)CC1. The summed E-state index contributed by atoms with van der Waals surface area (Å²) < 4.78 is 23.3. The third kappa shape index (κ3) is 9.84. The van der Waals surface area contributed by atoms with Gasteiger partial charge in [-0.2, -0.15) is 5.10 Å². The average Bonchev–Trinajstić information content (AvgIpc) is 3.63. The number of fused-ring (bicyclic) bond motifs is 1. The molecule has 308 valence electrons. The van der Waals surface area contributed by atoms with Gasteiger partial charge in [0.15, 0.2) is 0 Å². The predicted octanol–water partition coefficient (Wildman–Crippen LogP) is 9.09. The van der Waals surface area contributed by atoms with Gasteiger partial charge in [0.25, 0.3) is 0 Å². The number of methoxy groups -OCH3 is 1. The number of carbonyl (C=O) groups excluding carboxylic acids is 1. The van der Waals surface area contributed by atoms with E-state index in [2.05, 4.69) is 22.5 Å². The van der Waals surface area contributed by atoms with Crippen molar-refractivity contribution in [2.24, 2.45) is 5.92 Å². The number of phenols is 1. The van der Waals surface area contributed by atoms with Crippen LogP contribution in [-0.2, 0) is 29.2 Å². The number of aldehydes is 1. The molecule has 0 spiro atoms. The number of hydrogen-bond acceptors (Lipinski definition) is 8. The van der Waals surface area contributed by atoms with Gasteiger partial charge in [0.2, 0.25) is 0 Å². The van der Waals surface area contributed by atoms with Crippen molar-refractivity contribution in [3.8, 4) is 33.8 Å². The Morgan fingerprint density at radius 1 is 1.07 bits per heavy atom. The van der Waals surface area contributed by atoms with Crippen LogP contribution in [0.3, 0.4) is 0 Å². The quantitative estimate of drug-likeness (QED) is 0.0603. The Bertz CT molecular complexity index is 2200. The minimum Gasteiger partial charge on any atom is -0.507 e. The number of aromatic nitrogens is 2. The molecule has 1 aliphatic rings. The molecule has 0 aliphatic heterocycles. The second-order valence-corrected chi connectivity index (χ2v) is 15.9. The van der Waals surface area contributed by atoms with Crippen LogP contribution in [0.5, 0.6) is 11.5 Å². The maximum atomic E-state index is 15.5. The summed E-state index contributed by atoms with van der Waals surface area (Å²) in [5, 5.41) is 33.4. The van der Waals surface area contributed by atoms with E-state index in [9.17, 15) is 19.8 Å². The lowest BCUT2D eigenvalue weighted by Gasteiger charge is -2.36. The lowest BCUT2D eigenvalue weighted by atomic mass is 9.85. The van der Waals surface area contributed by atoms with Crippen molar-refractivity contribution in [1.82, 2.24) is 25.3 Å². The second kappa shape index (κ2) is 20.0. The maximum absolute atomic E-state index is 15.5. The molecule has 4 N–H and O–H groups in total. The zero-order chi connectivity index (χ0) is 41.3. The molecule has 1 heterocycles. The Hall–Kier alpha value is -4.52. The van der Waals surface area contributed by atoms with E-state index < -0.39 is 11.8 Å². The van der Waals surface area contributed by atoms with Crippen LogP contribution in [0.15, 0.2) is 66.9 Å². The molecule has 0 saturated heterocycles. The van der Waals surface area contributed by atoms with Crippen LogP contribution in [0.2, 0.25) is 10.0 Å². The number of benzene rings is 4. The molecule has 0 radical (unpaired) electrons. The number of likely N-dealkylation sites (N-methyl/N-ethyl adjacent to an activating group) is 1. The van der Waals surface area contributed by atoms with Gasteiger partial charge in [0.1, 0.15) is 23.6 Å². The topological polar surface area (TPSA) is 129 Å². The summed E-state index contributed by atoms with van der Waals surface area (Å²) in [5.74, 6) is -0.956. The van der Waals surface area contributed by atoms with Crippen LogP contribution < -0.4 is 15.4 Å². The summed E-state index contributed by atoms with van der Waals surface area (Å²) in [7, 11) is 3.47. The van der Waals surface area contributed by atoms with Gasteiger partial charge < -0.3 is 30.4 Å². The van der Waals surface area contributed by atoms with E-state index in [1.165, 1.54) is 12.1 Å². The number of carboxylic acids is 1. The fraction of sp³-hybridized carbons (Fsp3) is 0.400. The smallest absolute Gasteiger partial charge is 0.306 e. The van der Waals surface area contributed by atoms with Crippen LogP contribution in [0.4, 0.5) is 4.39 Å². The highest BCUT2D eigenvalue weighted by atomic mass is 35.5. The Balaban J connectivity index is 1.21. The van der Waals surface area contributed by atoms with Crippen molar-refractivity contribution in [3.63, 3.8) is 0 Å². The molecule has 5 aromatic rings. The van der Waals surface area contributed by atoms with Gasteiger partial charge in [-0.3, -0.25) is 14.4 Å². The Labute approximate surface area is 349 Å². The van der Waals surface area contributed by atoms with E-state index in [1.807, 2.05) is 54.2 Å². The average molecular weight is 833 g/mol. The van der Waals surface area contributed by atoms with Crippen molar-refractivity contribution >= 4 is 46.4 Å². The summed E-state index contributed by atoms with van der Waals surface area (Å²) >= 11 is 14.1. The molecule has 1 fully saturated rings. The lowest BCUT2D eigenvalue weighted by Crippen LogP contribution is -2.39. The third-order valence-electron chi connectivity index (χ3n) is 11.4. The highest BCUT2D eigenvalue weighted by Crippen LogP contribution is 2.41. The van der Waals surface area contributed by atoms with E-state index >= 15 is 4.39 Å². The minimum absolute atomic E-state index is 0.0405. The summed E-state index contributed by atoms with van der Waals surface area (Å²) in [6, 6.07) is 18.7. The van der Waals surface area contributed by atoms with E-state index in [0.717, 1.165) is 71.0 Å². The van der Waals surface area contributed by atoms with Crippen molar-refractivity contribution < 1.29 is 28.9 Å². The number of hydrogen-bond donors (Lipinski definition) is 4. The van der Waals surface area contributed by atoms with Crippen LogP contribution in [-0.4, -0.2) is 76.5 Å². The molecule has 6 rings (SSSR count). The Morgan fingerprint density at radius 3 is 2.50 bits per heavy atom. The molecule has 10 nitrogen and oxygen atoms in total. The molecule has 1 aliphatic carbocycles. The molecule has 4 aromatic carbocycles. The minimum atomic E-state index is -0.700. The van der Waals surface area contributed by atoms with Gasteiger partial charge in [0.05, 0.1) is 36.3 Å². The maximum Gasteiger partial charge on any atom is 0.306 e. The number of phenolic OH excluding ortho intramolecular Hbond substituents is 1. The van der Waals surface area contributed by atoms with Crippen LogP contribution in [0.25, 0.3) is 33.2 Å². The van der Waals surface area contributed by atoms with Crippen LogP contribution in [0.1, 0.15) is 68.6 Å². The van der Waals surface area contributed by atoms with Gasteiger partial charge in [-0.25, -0.2) is 4.39 Å². The highest BCUT2D eigenvalue weighted by Gasteiger charge is 2.30. The summed E-state index contributed by atoms with van der Waals surface area (Å²) in [4.78, 5) is 24.7. The molecular weight excluding hydrogens is 780 g/mol. The Kier molecular flexibility index (Phi) is 14.8. The second-order valence-electron chi connectivity index (χ2n) is 15.1. The third-order valence-corrected chi connectivity index (χ3v) is 12.2. The first-order chi connectivity index (χ1) is 28.1. The number of nitrogens with zero attached hydrogens (tertiary/aromatic N) is 3. The summed E-state index contributed by atoms with van der Waals surface area (Å²) in [5.41, 5.74) is 5.47. The molecule has 1 unspecified atom stereocenters. The molecular formula is C45H52Cl2FN5O5. The van der Waals surface area contributed by atoms with E-state index in [4.69, 9.17) is 33.0 Å². The predicted molar refractivity (Wildman–Crippen MR) is 228 cm³/mol. The molecule has 0 bridgehead atoms. The number of nitrogens with one attached hydrogen (secondary N) is 2. The lowest BCUT2D eigenvalue weighted by molar-refractivity contribution is -0.143. The fourth-order valence-electron chi connectivity index (χ4n) is 8.19. The summed E-state index contributed by atoms with van der Waals surface area (Å²) in [6.45, 7) is 4.72. The first-order valence-electron chi connectivity index (χ1n) is 20.0. The van der Waals surface area contributed by atoms with Crippen molar-refractivity contribution in [2.45, 2.75) is 83.6 Å². The first kappa shape index (κ1) is 43.1. The van der Waals surface area contributed by atoms with Gasteiger partial charge in [-0.15, -0.1) is 0 Å². The first-order valence-corrected chi connectivity index (χ1v) is 20.7. The van der Waals surface area contributed by atoms with Gasteiger partial charge in [-0.05, 0) is 99.1 Å². The van der Waals surface area contributed by atoms with Crippen molar-refractivity contribution in [3.05, 3.63) is 99.4 Å². The summed E-state index contributed by atoms with van der Waals surface area (Å²) in [6.07, 6.45) is 7.83. The number of ether oxygens (including phenoxy) is 1. The standard InChI is InChI=1S/C45H52Cl2FN5O5/c1-4-17-52(33-15-13-28(14-16-33)45(56)57)26-31-19-39(46)30(22-43(31)58-3)27-53-41-12-6-10-35(37(41)25-51-53)36-11-5-9-34(44(36)47)29-20-40(48)38(42(55)21-29)24-50-23-32(49-2)8-7-18-54/h5-6,9-12,18-22,25,28,32-33,49-50,55H,4,7-8,13-17,23-24,26-27H2,1-3H3,(H,56,57). The number of carboxylic acid groups (broad SMARTS) is 1. The van der Waals surface area contributed by atoms with Gasteiger partial charge in [0, 0.05) is 70.8 Å². The van der Waals surface area contributed by atoms with E-state index in [0.29, 0.717) is 72.5 Å². The van der Waals surface area contributed by atoms with Crippen molar-refractivity contribution in [1.29, 1.82) is 0 Å². The normalized spacial score (nSPS) is 16.2. The molecule has 1 saturated carbocycles. The van der Waals surface area contributed by atoms with E-state index in [-0.39, 0.29) is 29.8 Å². The fourth-order valence-corrected chi connectivity index (χ4v) is 8.77. The monoisotopic (exact) mass is 831 g/mol. The molecule has 1 atom stereocenters. The number of carbonyl (C=O) groups is 2. The zero-order valence-electron chi connectivity index (χ0n) is 33.2. The largest absolute Gasteiger partial charge is 0.507 e. The zero-order valence-corrected chi connectivity index (χ0v) is 34.8. The Morgan fingerprint density at radius 2 is 1.81 bits per heavy atom. The number of rotatable bonds is 19. The molecule has 0 amide bonds. The van der Waals surface area contributed by atoms with Crippen LogP contribution >= 0.6 is 23.2 Å². The van der Waals surface area contributed by atoms with Crippen molar-refractivity contribution in [2.75, 3.05) is 27.2 Å². The number of aliphatic carboxylic acids is 1. The molecule has 1 aromatic heterocycles. The highest BCUT2D eigenvalue weighted by molar-refractivity contribution is 6.36. The van der Waals surface area contributed by atoms with Crippen LogP contribution in [0, 0.1) is 11.7 Å². The molecule has 58 heavy (non-hydrogen) atoms. The number of aromatic hydroxyl groups is 1.